The molecule has 0 unspecified atom stereocenters. The minimum atomic E-state index is -0.879. The molecule has 0 heterocycles. The highest BCUT2D eigenvalue weighted by Gasteiger charge is 2.16. The molecule has 0 amide bonds. The average molecular weight is 212 g/mol. The largest absolute Gasteiger partial charge is 0.306 e. The lowest BCUT2D eigenvalue weighted by Crippen LogP contribution is -1.93. The minimum absolute atomic E-state index is 0.258. The maximum atomic E-state index is 13.0. The molecule has 6 heteroatoms. The van der Waals surface area contributed by atoms with E-state index in [1.807, 2.05) is 0 Å². The molecule has 1 aromatic rings. The maximum Gasteiger partial charge on any atom is 0.306 e. The van der Waals surface area contributed by atoms with E-state index in [4.69, 9.17) is 0 Å². The van der Waals surface area contributed by atoms with Crippen LogP contribution in [0.2, 0.25) is 0 Å². The highest BCUT2D eigenvalue weighted by Crippen LogP contribution is 2.27. The molecule has 0 aliphatic rings. The van der Waals surface area contributed by atoms with E-state index in [1.54, 1.807) is 6.92 Å². The van der Waals surface area contributed by atoms with Gasteiger partial charge in [0.2, 0.25) is 5.82 Å². The predicted octanol–water partition coefficient (Wildman–Crippen LogP) is 2.78. The molecule has 1 aromatic carbocycles. The van der Waals surface area contributed by atoms with Crippen molar-refractivity contribution in [3.63, 3.8) is 0 Å². The van der Waals surface area contributed by atoms with Crippen LogP contribution >= 0.6 is 12.2 Å². The average Bonchev–Trinajstić information content (AvgIpc) is 2.09. The molecule has 0 saturated heterocycles. The van der Waals surface area contributed by atoms with Gasteiger partial charge in [0.05, 0.1) is 15.8 Å². The molecule has 0 fully saturated rings. The van der Waals surface area contributed by atoms with Crippen molar-refractivity contribution in [1.82, 2.24) is 0 Å². The molecular formula is C8H5FN2O2S. The van der Waals surface area contributed by atoms with E-state index < -0.39 is 16.4 Å². The number of halogens is 1. The molecular weight excluding hydrogens is 207 g/mol. The normalized spacial score (nSPS) is 9.29. The van der Waals surface area contributed by atoms with Crippen LogP contribution in [0.25, 0.3) is 0 Å². The Morgan fingerprint density at radius 3 is 2.79 bits per heavy atom. The number of aryl methyl sites for hydroxylation is 1. The van der Waals surface area contributed by atoms with Crippen molar-refractivity contribution < 1.29 is 9.31 Å². The van der Waals surface area contributed by atoms with Gasteiger partial charge in [-0.15, -0.1) is 0 Å². The fourth-order valence-electron chi connectivity index (χ4n) is 0.960. The molecule has 0 aromatic heterocycles. The molecule has 0 bridgehead atoms. The van der Waals surface area contributed by atoms with Crippen molar-refractivity contribution in [1.29, 1.82) is 0 Å². The quantitative estimate of drug-likeness (QED) is 0.328. The fraction of sp³-hybridized carbons (Fsp3) is 0.125. The van der Waals surface area contributed by atoms with Gasteiger partial charge in [0, 0.05) is 6.07 Å². The van der Waals surface area contributed by atoms with Gasteiger partial charge in [-0.3, -0.25) is 10.1 Å². The van der Waals surface area contributed by atoms with Gasteiger partial charge in [0.15, 0.2) is 0 Å². The van der Waals surface area contributed by atoms with Crippen LogP contribution in [-0.4, -0.2) is 10.1 Å². The van der Waals surface area contributed by atoms with E-state index >= 15 is 0 Å². The van der Waals surface area contributed by atoms with Crippen molar-refractivity contribution in [3.8, 4) is 0 Å². The van der Waals surface area contributed by atoms with Crippen molar-refractivity contribution in [2.45, 2.75) is 6.92 Å². The van der Waals surface area contributed by atoms with E-state index in [0.717, 1.165) is 12.1 Å². The number of thiocarbonyl (C=S) groups is 1. The van der Waals surface area contributed by atoms with Crippen LogP contribution in [0, 0.1) is 22.9 Å². The van der Waals surface area contributed by atoms with E-state index in [9.17, 15) is 14.5 Å². The number of hydrogen-bond acceptors (Lipinski definition) is 4. The number of benzene rings is 1. The summed E-state index contributed by atoms with van der Waals surface area (Å²) < 4.78 is 13.0. The molecule has 1 rings (SSSR count). The molecule has 0 atom stereocenters. The summed E-state index contributed by atoms with van der Waals surface area (Å²) in [7, 11) is 0. The van der Waals surface area contributed by atoms with Gasteiger partial charge in [-0.1, -0.05) is 0 Å². The molecule has 72 valence electrons. The third kappa shape index (κ3) is 1.99. The summed E-state index contributed by atoms with van der Waals surface area (Å²) in [5.41, 5.74) is 0.123. The highest BCUT2D eigenvalue weighted by molar-refractivity contribution is 7.78. The lowest BCUT2D eigenvalue weighted by atomic mass is 10.2. The van der Waals surface area contributed by atoms with E-state index in [2.05, 4.69) is 22.4 Å². The van der Waals surface area contributed by atoms with Gasteiger partial charge in [-0.2, -0.15) is 9.38 Å². The van der Waals surface area contributed by atoms with Gasteiger partial charge in [0.1, 0.15) is 0 Å². The first kappa shape index (κ1) is 10.4. The molecule has 4 nitrogen and oxygen atoms in total. The Morgan fingerprint density at radius 2 is 2.29 bits per heavy atom. The number of nitro benzene ring substituents is 1. The molecule has 0 radical (unpaired) electrons. The fourth-order valence-corrected chi connectivity index (χ4v) is 1.06. The number of rotatable bonds is 2. The molecule has 0 aliphatic heterocycles. The summed E-state index contributed by atoms with van der Waals surface area (Å²) in [6, 6.07) is 2.08. The second kappa shape index (κ2) is 4.04. The van der Waals surface area contributed by atoms with Crippen LogP contribution in [-0.2, 0) is 0 Å². The van der Waals surface area contributed by atoms with E-state index in [0.29, 0.717) is 5.56 Å². The predicted molar refractivity (Wildman–Crippen MR) is 52.5 cm³/mol. The van der Waals surface area contributed by atoms with Crippen molar-refractivity contribution >= 4 is 28.8 Å². The lowest BCUT2D eigenvalue weighted by molar-refractivity contribution is -0.387. The molecule has 0 aliphatic carbocycles. The van der Waals surface area contributed by atoms with Gasteiger partial charge >= 0.3 is 5.69 Å². The smallest absolute Gasteiger partial charge is 0.258 e. The first-order chi connectivity index (χ1) is 6.56. The van der Waals surface area contributed by atoms with Gasteiger partial charge in [-0.05, 0) is 30.8 Å². The summed E-state index contributed by atoms with van der Waals surface area (Å²) in [4.78, 5) is 13.1. The minimum Gasteiger partial charge on any atom is -0.258 e. The van der Waals surface area contributed by atoms with Crippen LogP contribution in [0.3, 0.4) is 0 Å². The molecule has 0 N–H and O–H groups in total. The lowest BCUT2D eigenvalue weighted by Gasteiger charge is -1.99. The number of isothiocyanates is 1. The zero-order valence-electron chi connectivity index (χ0n) is 7.15. The second-order valence-electron chi connectivity index (χ2n) is 2.55. The van der Waals surface area contributed by atoms with Crippen molar-refractivity contribution in [2.24, 2.45) is 4.99 Å². The molecule has 0 saturated carbocycles. The zero-order valence-corrected chi connectivity index (χ0v) is 7.97. The van der Waals surface area contributed by atoms with Crippen LogP contribution in [0.15, 0.2) is 17.1 Å². The van der Waals surface area contributed by atoms with Crippen LogP contribution in [0.4, 0.5) is 15.8 Å². The number of aliphatic imine (C=N–C) groups is 1. The monoisotopic (exact) mass is 212 g/mol. The maximum absolute atomic E-state index is 13.0. The summed E-state index contributed by atoms with van der Waals surface area (Å²) in [6.45, 7) is 1.58. The Balaban J connectivity index is 3.41. The van der Waals surface area contributed by atoms with Crippen molar-refractivity contribution in [3.05, 3.63) is 33.6 Å². The van der Waals surface area contributed by atoms with E-state index in [-0.39, 0.29) is 5.69 Å². The first-order valence-corrected chi connectivity index (χ1v) is 3.99. The first-order valence-electron chi connectivity index (χ1n) is 3.58. The number of nitro groups is 1. The number of hydrogen-bond donors (Lipinski definition) is 0. The third-order valence-electron chi connectivity index (χ3n) is 1.63. The summed E-state index contributed by atoms with van der Waals surface area (Å²) in [6.07, 6.45) is 0. The molecule has 0 spiro atoms. The summed E-state index contributed by atoms with van der Waals surface area (Å²) in [5, 5.41) is 12.4. The number of nitrogens with zero attached hydrogens (tertiary/aromatic N) is 2. The Kier molecular flexibility index (Phi) is 3.01. The van der Waals surface area contributed by atoms with Gasteiger partial charge in [-0.25, -0.2) is 0 Å². The Hall–Kier alpha value is -1.65. The third-order valence-corrected chi connectivity index (χ3v) is 1.72. The Labute approximate surface area is 84.2 Å². The summed E-state index contributed by atoms with van der Waals surface area (Å²) in [5.74, 6) is -0.879. The second-order valence-corrected chi connectivity index (χ2v) is 2.73. The van der Waals surface area contributed by atoms with Crippen LogP contribution < -0.4 is 0 Å². The standard InChI is InChI=1S/C8H5FN2O2S/c1-5-2-6(9)8(11(12)13)3-7(5)10-4-14/h2-3H,1H3. The van der Waals surface area contributed by atoms with E-state index in [1.165, 1.54) is 0 Å². The topological polar surface area (TPSA) is 55.5 Å². The highest BCUT2D eigenvalue weighted by atomic mass is 32.1. The van der Waals surface area contributed by atoms with Gasteiger partial charge < -0.3 is 0 Å². The van der Waals surface area contributed by atoms with Gasteiger partial charge in [0.25, 0.3) is 0 Å². The summed E-state index contributed by atoms with van der Waals surface area (Å²) >= 11 is 4.36. The Morgan fingerprint density at radius 1 is 1.64 bits per heavy atom. The van der Waals surface area contributed by atoms with Crippen LogP contribution in [0.1, 0.15) is 5.56 Å². The van der Waals surface area contributed by atoms with Crippen molar-refractivity contribution in [2.75, 3.05) is 0 Å². The zero-order chi connectivity index (χ0) is 10.7. The SMILES string of the molecule is Cc1cc(F)c([N+](=O)[O-])cc1N=C=S. The Bertz CT molecular complexity index is 418. The molecule has 14 heavy (non-hydrogen) atoms. The van der Waals surface area contributed by atoms with Crippen LogP contribution in [0.5, 0.6) is 0 Å².